The Bertz CT molecular complexity index is 1910. The molecule has 0 bridgehead atoms. The van der Waals surface area contributed by atoms with Crippen molar-refractivity contribution < 1.29 is 9.47 Å². The standard InChI is InChI=1S/C46H50O2S2/c1-3-5-7-9-11-13-25-47-45-33-21-15-19-31-36(40-24-18-28-50-40)30-38-44(41(31)33)43-37(45)29-35(39-23-17-27-49-39)32-20-16-22-34(42(32)43)46(38)48-26-14-12-10-8-6-4-2/h15-24,27-30,45-46H,3-14,25-26H2,1-2H3. The SMILES string of the molecule is CCCCCCCCOC1c2cc(-c3cccs3)c3cccc4c3c2-c2c(cc(-c3cccs3)c3cccc1c23)C4OCCCCCCCC. The summed E-state index contributed by atoms with van der Waals surface area (Å²) in [6, 6.07) is 27.8. The van der Waals surface area contributed by atoms with Gasteiger partial charge in [0.15, 0.2) is 0 Å². The molecule has 2 aliphatic carbocycles. The van der Waals surface area contributed by atoms with Crippen LogP contribution in [-0.4, -0.2) is 13.2 Å². The number of hydrogen-bond donors (Lipinski definition) is 0. The normalized spacial score (nSPS) is 15.9. The Morgan fingerprint density at radius 1 is 0.480 bits per heavy atom. The van der Waals surface area contributed by atoms with E-state index in [2.05, 4.69) is 97.4 Å². The first kappa shape index (κ1) is 33.8. The molecule has 0 fully saturated rings. The molecule has 0 saturated carbocycles. The third-order valence-corrected chi connectivity index (χ3v) is 12.8. The second kappa shape index (κ2) is 15.5. The monoisotopic (exact) mass is 698 g/mol. The zero-order valence-electron chi connectivity index (χ0n) is 29.8. The molecule has 0 N–H and O–H groups in total. The van der Waals surface area contributed by atoms with Crippen LogP contribution in [0.4, 0.5) is 0 Å². The van der Waals surface area contributed by atoms with Gasteiger partial charge < -0.3 is 9.47 Å². The molecule has 6 aromatic rings. The smallest absolute Gasteiger partial charge is 0.109 e. The molecule has 2 heterocycles. The van der Waals surface area contributed by atoms with E-state index < -0.39 is 0 Å². The summed E-state index contributed by atoms with van der Waals surface area (Å²) in [5.74, 6) is 0. The van der Waals surface area contributed by atoms with Gasteiger partial charge in [0.25, 0.3) is 0 Å². The van der Waals surface area contributed by atoms with Crippen molar-refractivity contribution in [3.63, 3.8) is 0 Å². The van der Waals surface area contributed by atoms with Gasteiger partial charge >= 0.3 is 0 Å². The van der Waals surface area contributed by atoms with Gasteiger partial charge in [0.2, 0.25) is 0 Å². The minimum absolute atomic E-state index is 0.111. The minimum Gasteiger partial charge on any atom is -0.369 e. The van der Waals surface area contributed by atoms with Crippen LogP contribution in [0.1, 0.15) is 125 Å². The quantitative estimate of drug-likeness (QED) is 0.0832. The first-order valence-electron chi connectivity index (χ1n) is 19.3. The predicted molar refractivity (Wildman–Crippen MR) is 216 cm³/mol. The third kappa shape index (κ3) is 6.27. The van der Waals surface area contributed by atoms with Gasteiger partial charge in [-0.25, -0.2) is 0 Å². The summed E-state index contributed by atoms with van der Waals surface area (Å²) in [4.78, 5) is 2.62. The molecule has 0 amide bonds. The van der Waals surface area contributed by atoms with Crippen LogP contribution in [0.5, 0.6) is 0 Å². The molecule has 8 rings (SSSR count). The Labute approximate surface area is 306 Å². The maximum absolute atomic E-state index is 7.10. The summed E-state index contributed by atoms with van der Waals surface area (Å²) in [6.45, 7) is 6.13. The lowest BCUT2D eigenvalue weighted by atomic mass is 9.70. The highest BCUT2D eigenvalue weighted by Crippen LogP contribution is 2.59. The van der Waals surface area contributed by atoms with E-state index in [4.69, 9.17) is 9.47 Å². The van der Waals surface area contributed by atoms with Gasteiger partial charge in [-0.2, -0.15) is 0 Å². The lowest BCUT2D eigenvalue weighted by molar-refractivity contribution is 0.0749. The van der Waals surface area contributed by atoms with E-state index in [9.17, 15) is 0 Å². The van der Waals surface area contributed by atoms with Crippen molar-refractivity contribution in [2.75, 3.05) is 13.2 Å². The van der Waals surface area contributed by atoms with Crippen LogP contribution < -0.4 is 0 Å². The van der Waals surface area contributed by atoms with Gasteiger partial charge in [-0.3, -0.25) is 0 Å². The Balaban J connectivity index is 1.30. The van der Waals surface area contributed by atoms with E-state index in [1.165, 1.54) is 140 Å². The fourth-order valence-electron chi connectivity index (χ4n) is 8.57. The van der Waals surface area contributed by atoms with Crippen molar-refractivity contribution in [3.05, 3.63) is 106 Å². The van der Waals surface area contributed by atoms with Crippen LogP contribution in [0.15, 0.2) is 83.6 Å². The largest absolute Gasteiger partial charge is 0.369 e. The average molecular weight is 699 g/mol. The molecule has 2 aromatic heterocycles. The zero-order valence-corrected chi connectivity index (χ0v) is 31.4. The second-order valence-corrected chi connectivity index (χ2v) is 16.2. The van der Waals surface area contributed by atoms with E-state index in [0.717, 1.165) is 26.1 Å². The van der Waals surface area contributed by atoms with Gasteiger partial charge in [-0.15, -0.1) is 22.7 Å². The second-order valence-electron chi connectivity index (χ2n) is 14.3. The highest BCUT2D eigenvalue weighted by atomic mass is 32.1. The first-order chi connectivity index (χ1) is 24.8. The van der Waals surface area contributed by atoms with Gasteiger partial charge in [-0.1, -0.05) is 127 Å². The third-order valence-electron chi connectivity index (χ3n) is 11.0. The van der Waals surface area contributed by atoms with Crippen molar-refractivity contribution in [2.24, 2.45) is 0 Å². The molecule has 4 heteroatoms. The van der Waals surface area contributed by atoms with E-state index in [1.807, 2.05) is 22.7 Å². The lowest BCUT2D eigenvalue weighted by Crippen LogP contribution is -2.20. The van der Waals surface area contributed by atoms with Crippen molar-refractivity contribution in [1.29, 1.82) is 0 Å². The zero-order chi connectivity index (χ0) is 33.9. The summed E-state index contributed by atoms with van der Waals surface area (Å²) >= 11 is 3.66. The minimum atomic E-state index is -0.111. The number of benzene rings is 4. The predicted octanol–water partition coefficient (Wildman–Crippen LogP) is 14.7. The Morgan fingerprint density at radius 3 is 1.34 bits per heavy atom. The molecule has 50 heavy (non-hydrogen) atoms. The summed E-state index contributed by atoms with van der Waals surface area (Å²) in [5, 5.41) is 9.79. The van der Waals surface area contributed by atoms with Crippen molar-refractivity contribution >= 4 is 44.2 Å². The Kier molecular flexibility index (Phi) is 10.5. The number of thiophene rings is 2. The molecular formula is C46H50O2S2. The van der Waals surface area contributed by atoms with Crippen molar-refractivity contribution in [1.82, 2.24) is 0 Å². The molecule has 0 aliphatic heterocycles. The van der Waals surface area contributed by atoms with Crippen LogP contribution in [0.2, 0.25) is 0 Å². The van der Waals surface area contributed by atoms with E-state index in [0.29, 0.717) is 0 Å². The van der Waals surface area contributed by atoms with Crippen LogP contribution >= 0.6 is 22.7 Å². The van der Waals surface area contributed by atoms with Crippen LogP contribution in [0, 0.1) is 0 Å². The number of ether oxygens (including phenoxy) is 2. The summed E-state index contributed by atoms with van der Waals surface area (Å²) in [7, 11) is 0. The van der Waals surface area contributed by atoms with E-state index in [-0.39, 0.29) is 12.2 Å². The Morgan fingerprint density at radius 2 is 0.920 bits per heavy atom. The van der Waals surface area contributed by atoms with E-state index >= 15 is 0 Å². The Hall–Kier alpha value is -3.28. The molecule has 2 aliphatic rings. The fourth-order valence-corrected chi connectivity index (χ4v) is 10.1. The summed E-state index contributed by atoms with van der Waals surface area (Å²) in [5.41, 5.74) is 10.6. The molecule has 2 nitrogen and oxygen atoms in total. The van der Waals surface area contributed by atoms with Gasteiger partial charge in [-0.05, 0) is 114 Å². The lowest BCUT2D eigenvalue weighted by Gasteiger charge is -2.38. The highest BCUT2D eigenvalue weighted by Gasteiger charge is 2.39. The van der Waals surface area contributed by atoms with E-state index in [1.54, 1.807) is 0 Å². The molecule has 2 unspecified atom stereocenters. The number of unbranched alkanes of at least 4 members (excludes halogenated alkanes) is 10. The van der Waals surface area contributed by atoms with Crippen LogP contribution in [0.25, 0.3) is 53.6 Å². The maximum atomic E-state index is 7.10. The molecule has 4 aromatic carbocycles. The highest BCUT2D eigenvalue weighted by molar-refractivity contribution is 7.14. The summed E-state index contributed by atoms with van der Waals surface area (Å²) < 4.78 is 14.2. The van der Waals surface area contributed by atoms with Crippen molar-refractivity contribution in [2.45, 2.75) is 103 Å². The summed E-state index contributed by atoms with van der Waals surface area (Å²) in [6.07, 6.45) is 14.9. The van der Waals surface area contributed by atoms with Crippen LogP contribution in [0.3, 0.4) is 0 Å². The molecule has 0 saturated heterocycles. The van der Waals surface area contributed by atoms with Gasteiger partial charge in [0, 0.05) is 23.0 Å². The number of rotatable bonds is 18. The van der Waals surface area contributed by atoms with Crippen LogP contribution in [-0.2, 0) is 9.47 Å². The van der Waals surface area contributed by atoms with Crippen molar-refractivity contribution in [3.8, 4) is 32.0 Å². The topological polar surface area (TPSA) is 18.5 Å². The molecule has 0 spiro atoms. The molecule has 258 valence electrons. The molecular weight excluding hydrogens is 649 g/mol. The maximum Gasteiger partial charge on any atom is 0.109 e. The molecule has 0 radical (unpaired) electrons. The number of hydrogen-bond acceptors (Lipinski definition) is 4. The first-order valence-corrected chi connectivity index (χ1v) is 21.1. The van der Waals surface area contributed by atoms with Gasteiger partial charge in [0.05, 0.1) is 0 Å². The van der Waals surface area contributed by atoms with Gasteiger partial charge in [0.1, 0.15) is 12.2 Å². The fraction of sp³-hybridized carbons (Fsp3) is 0.391. The average Bonchev–Trinajstić information content (AvgIpc) is 3.89. The molecule has 2 atom stereocenters.